The minimum absolute atomic E-state index is 0.102. The molecule has 23 heavy (non-hydrogen) atoms. The van der Waals surface area contributed by atoms with Crippen molar-refractivity contribution in [2.24, 2.45) is 0 Å². The van der Waals surface area contributed by atoms with E-state index in [4.69, 9.17) is 4.74 Å². The molecule has 0 fully saturated rings. The van der Waals surface area contributed by atoms with Gasteiger partial charge in [0.1, 0.15) is 5.75 Å². The molecule has 0 amide bonds. The molecular formula is C19H23O2PS. The molecule has 0 aromatic heterocycles. The molecule has 2 aromatic carbocycles. The van der Waals surface area contributed by atoms with Gasteiger partial charge in [0.15, 0.2) is 5.78 Å². The monoisotopic (exact) mass is 346 g/mol. The lowest BCUT2D eigenvalue weighted by molar-refractivity contribution is 0.101. The molecule has 0 N–H and O–H groups in total. The van der Waals surface area contributed by atoms with E-state index in [0.717, 1.165) is 33.5 Å². The number of thiol groups is 1. The van der Waals surface area contributed by atoms with Crippen molar-refractivity contribution in [1.82, 2.24) is 0 Å². The fourth-order valence-electron chi connectivity index (χ4n) is 2.67. The van der Waals surface area contributed by atoms with Gasteiger partial charge in [0.2, 0.25) is 0 Å². The number of carbonyl (C=O) groups is 1. The predicted octanol–water partition coefficient (Wildman–Crippen LogP) is 4.82. The zero-order valence-corrected chi connectivity index (χ0v) is 15.9. The van der Waals surface area contributed by atoms with Crippen LogP contribution in [-0.4, -0.2) is 12.9 Å². The maximum Gasteiger partial charge on any atom is 0.160 e. The van der Waals surface area contributed by atoms with Crippen LogP contribution in [0.4, 0.5) is 0 Å². The van der Waals surface area contributed by atoms with Crippen LogP contribution in [-0.2, 0) is 5.16 Å². The number of ether oxygens (including phenoxy) is 1. The summed E-state index contributed by atoms with van der Waals surface area (Å²) in [6.07, 6.45) is 0.950. The van der Waals surface area contributed by atoms with E-state index >= 15 is 0 Å². The van der Waals surface area contributed by atoms with Crippen molar-refractivity contribution in [2.75, 3.05) is 7.11 Å². The van der Waals surface area contributed by atoms with Gasteiger partial charge in [-0.25, -0.2) is 0 Å². The summed E-state index contributed by atoms with van der Waals surface area (Å²) in [6, 6.07) is 13.9. The number of rotatable bonds is 6. The van der Waals surface area contributed by atoms with E-state index in [0.29, 0.717) is 8.58 Å². The van der Waals surface area contributed by atoms with Gasteiger partial charge in [0.05, 0.1) is 7.11 Å². The highest BCUT2D eigenvalue weighted by Gasteiger charge is 2.29. The second-order valence-corrected chi connectivity index (χ2v) is 8.21. The van der Waals surface area contributed by atoms with Gasteiger partial charge in [0.25, 0.3) is 0 Å². The lowest BCUT2D eigenvalue weighted by atomic mass is 9.96. The second-order valence-electron chi connectivity index (χ2n) is 5.80. The smallest absolute Gasteiger partial charge is 0.160 e. The molecule has 0 aliphatic heterocycles. The van der Waals surface area contributed by atoms with Gasteiger partial charge >= 0.3 is 0 Å². The van der Waals surface area contributed by atoms with Crippen molar-refractivity contribution < 1.29 is 9.53 Å². The summed E-state index contributed by atoms with van der Waals surface area (Å²) in [4.78, 5) is 12.8. The first-order valence-corrected chi connectivity index (χ1v) is 9.11. The summed E-state index contributed by atoms with van der Waals surface area (Å²) >= 11 is 4.48. The first kappa shape index (κ1) is 18.0. The number of Topliss-reactive ketones (excluding diaryl/α,β-unsaturated/α-hetero) is 1. The summed E-state index contributed by atoms with van der Waals surface area (Å²) in [5, 5.41) is 1.01. The minimum Gasteiger partial charge on any atom is -0.496 e. The van der Waals surface area contributed by atoms with Crippen LogP contribution in [0.25, 0.3) is 0 Å². The Kier molecular flexibility index (Phi) is 5.89. The second kappa shape index (κ2) is 7.51. The third-order valence-corrected chi connectivity index (χ3v) is 6.36. The Bertz CT molecular complexity index is 714. The van der Waals surface area contributed by atoms with E-state index in [2.05, 4.69) is 38.6 Å². The van der Waals surface area contributed by atoms with Crippen LogP contribution < -0.4 is 10.0 Å². The predicted molar refractivity (Wildman–Crippen MR) is 102 cm³/mol. The summed E-state index contributed by atoms with van der Waals surface area (Å²) in [5.41, 5.74) is 1.96. The average Bonchev–Trinajstić information content (AvgIpc) is 2.55. The third kappa shape index (κ3) is 3.97. The number of hydrogen-bond donors (Lipinski definition) is 1. The quantitative estimate of drug-likeness (QED) is 0.461. The van der Waals surface area contributed by atoms with Crippen molar-refractivity contribution >= 4 is 32.3 Å². The topological polar surface area (TPSA) is 26.3 Å². The van der Waals surface area contributed by atoms with E-state index in [9.17, 15) is 4.79 Å². The molecular weight excluding hydrogens is 323 g/mol. The molecule has 0 radical (unpaired) electrons. The van der Waals surface area contributed by atoms with E-state index in [-0.39, 0.29) is 10.9 Å². The molecule has 0 spiro atoms. The standard InChI is InChI=1S/C19H23O2PS/c1-5-19(3,16-12-14(23)10-11-17(16)21-4)22-18-9-7-6-8-15(18)13(2)20/h6-12,22-23H,5H2,1-4H3. The van der Waals surface area contributed by atoms with Gasteiger partial charge in [0, 0.05) is 21.2 Å². The van der Waals surface area contributed by atoms with Crippen LogP contribution in [0, 0.1) is 0 Å². The van der Waals surface area contributed by atoms with Gasteiger partial charge in [-0.15, -0.1) is 12.6 Å². The molecule has 0 bridgehead atoms. The van der Waals surface area contributed by atoms with Crippen LogP contribution >= 0.6 is 21.2 Å². The summed E-state index contributed by atoms with van der Waals surface area (Å²) in [7, 11) is 2.17. The Morgan fingerprint density at radius 2 is 1.96 bits per heavy atom. The molecule has 0 heterocycles. The molecule has 4 heteroatoms. The molecule has 2 unspecified atom stereocenters. The summed E-state index contributed by atoms with van der Waals surface area (Å²) < 4.78 is 5.57. The first-order chi connectivity index (χ1) is 10.9. The van der Waals surface area contributed by atoms with Gasteiger partial charge < -0.3 is 4.74 Å². The average molecular weight is 346 g/mol. The van der Waals surface area contributed by atoms with Gasteiger partial charge in [-0.1, -0.05) is 46.7 Å². The van der Waals surface area contributed by atoms with Crippen molar-refractivity contribution in [3.05, 3.63) is 53.6 Å². The van der Waals surface area contributed by atoms with E-state index in [1.54, 1.807) is 14.0 Å². The van der Waals surface area contributed by atoms with E-state index in [1.807, 2.05) is 30.3 Å². The molecule has 122 valence electrons. The highest BCUT2D eigenvalue weighted by Crippen LogP contribution is 2.48. The zero-order chi connectivity index (χ0) is 17.0. The number of benzene rings is 2. The maximum atomic E-state index is 11.9. The van der Waals surface area contributed by atoms with Gasteiger partial charge in [-0.05, 0) is 36.8 Å². The number of hydrogen-bond acceptors (Lipinski definition) is 3. The van der Waals surface area contributed by atoms with Crippen molar-refractivity contribution in [3.8, 4) is 5.75 Å². The molecule has 0 saturated heterocycles. The fraction of sp³-hybridized carbons (Fsp3) is 0.316. The third-order valence-electron chi connectivity index (χ3n) is 4.20. The number of methoxy groups -OCH3 is 1. The molecule has 2 nitrogen and oxygen atoms in total. The molecule has 0 saturated carbocycles. The van der Waals surface area contributed by atoms with Crippen molar-refractivity contribution in [2.45, 2.75) is 37.2 Å². The number of carbonyl (C=O) groups excluding carboxylic acids is 1. The lowest BCUT2D eigenvalue weighted by Gasteiger charge is -2.31. The van der Waals surface area contributed by atoms with Gasteiger partial charge in [-0.2, -0.15) is 0 Å². The Morgan fingerprint density at radius 1 is 1.26 bits per heavy atom. The van der Waals surface area contributed by atoms with Crippen LogP contribution in [0.15, 0.2) is 47.4 Å². The Morgan fingerprint density at radius 3 is 2.57 bits per heavy atom. The number of ketones is 1. The molecule has 2 aromatic rings. The van der Waals surface area contributed by atoms with Crippen molar-refractivity contribution in [3.63, 3.8) is 0 Å². The Hall–Kier alpha value is -1.31. The largest absolute Gasteiger partial charge is 0.496 e. The van der Waals surface area contributed by atoms with E-state index in [1.165, 1.54) is 0 Å². The van der Waals surface area contributed by atoms with Crippen LogP contribution in [0.5, 0.6) is 5.75 Å². The maximum absolute atomic E-state index is 11.9. The van der Waals surface area contributed by atoms with E-state index < -0.39 is 0 Å². The minimum atomic E-state index is -0.102. The molecule has 2 atom stereocenters. The zero-order valence-electron chi connectivity index (χ0n) is 14.0. The van der Waals surface area contributed by atoms with Crippen LogP contribution in [0.3, 0.4) is 0 Å². The lowest BCUT2D eigenvalue weighted by Crippen LogP contribution is -2.21. The molecule has 2 rings (SSSR count). The Balaban J connectivity index is 2.51. The van der Waals surface area contributed by atoms with Crippen LogP contribution in [0.2, 0.25) is 0 Å². The Labute approximate surface area is 145 Å². The molecule has 0 aliphatic rings. The fourth-order valence-corrected chi connectivity index (χ4v) is 4.55. The normalized spacial score (nSPS) is 14.0. The highest BCUT2D eigenvalue weighted by molar-refractivity contribution is 7.80. The summed E-state index contributed by atoms with van der Waals surface area (Å²) in [5.74, 6) is 0.987. The van der Waals surface area contributed by atoms with Gasteiger partial charge in [-0.3, -0.25) is 4.79 Å². The van der Waals surface area contributed by atoms with Crippen LogP contribution in [0.1, 0.15) is 43.1 Å². The molecule has 0 aliphatic carbocycles. The summed E-state index contributed by atoms with van der Waals surface area (Å²) in [6.45, 7) is 6.03. The SMILES string of the molecule is CCC(C)(Pc1ccccc1C(C)=O)c1cc(S)ccc1OC. The highest BCUT2D eigenvalue weighted by atomic mass is 32.1. The van der Waals surface area contributed by atoms with Crippen molar-refractivity contribution in [1.29, 1.82) is 0 Å². The first-order valence-electron chi connectivity index (χ1n) is 7.67.